The van der Waals surface area contributed by atoms with E-state index in [-0.39, 0.29) is 24.3 Å². The molecule has 1 aromatic heterocycles. The SMILES string of the molecule is O=C1/C(=C\c2ccc(COc3cccc(C(F)(F)F)c3)o2)NC(=S)N1C1CCCCC1. The Morgan fingerprint density at radius 1 is 1.19 bits per heavy atom. The van der Waals surface area contributed by atoms with Gasteiger partial charge in [-0.1, -0.05) is 25.3 Å². The number of hydrogen-bond acceptors (Lipinski definition) is 4. The lowest BCUT2D eigenvalue weighted by atomic mass is 9.94. The number of amides is 1. The van der Waals surface area contributed by atoms with Crippen molar-refractivity contribution in [3.05, 3.63) is 59.2 Å². The first-order valence-electron chi connectivity index (χ1n) is 10.1. The van der Waals surface area contributed by atoms with Crippen LogP contribution in [0.1, 0.15) is 49.2 Å². The molecule has 0 spiro atoms. The monoisotopic (exact) mass is 450 g/mol. The van der Waals surface area contributed by atoms with Gasteiger partial charge in [0.1, 0.15) is 29.6 Å². The first kappa shape index (κ1) is 21.4. The molecule has 1 N–H and O–H groups in total. The van der Waals surface area contributed by atoms with Gasteiger partial charge in [0, 0.05) is 12.1 Å². The quantitative estimate of drug-likeness (QED) is 0.497. The van der Waals surface area contributed by atoms with Gasteiger partial charge >= 0.3 is 6.18 Å². The third-order valence-corrected chi connectivity index (χ3v) is 5.66. The number of carbonyl (C=O) groups is 1. The third kappa shape index (κ3) is 4.92. The predicted octanol–water partition coefficient (Wildman–Crippen LogP) is 5.27. The summed E-state index contributed by atoms with van der Waals surface area (Å²) in [5.74, 6) is 0.760. The number of benzene rings is 1. The van der Waals surface area contributed by atoms with Crippen LogP contribution in [0.4, 0.5) is 13.2 Å². The fraction of sp³-hybridized carbons (Fsp3) is 0.364. The minimum atomic E-state index is -4.43. The van der Waals surface area contributed by atoms with Crippen molar-refractivity contribution in [1.29, 1.82) is 0 Å². The molecule has 2 fully saturated rings. The topological polar surface area (TPSA) is 54.7 Å². The summed E-state index contributed by atoms with van der Waals surface area (Å²) in [6.07, 6.45) is 2.38. The highest BCUT2D eigenvalue weighted by Gasteiger charge is 2.36. The highest BCUT2D eigenvalue weighted by atomic mass is 32.1. The van der Waals surface area contributed by atoms with Gasteiger partial charge in [-0.05, 0) is 55.4 Å². The van der Waals surface area contributed by atoms with Crippen LogP contribution in [0.15, 0.2) is 46.5 Å². The van der Waals surface area contributed by atoms with Gasteiger partial charge < -0.3 is 14.5 Å². The second-order valence-corrected chi connectivity index (χ2v) is 7.96. The molecule has 164 valence electrons. The number of carbonyl (C=O) groups excluding carboxylic acids is 1. The van der Waals surface area contributed by atoms with E-state index in [2.05, 4.69) is 5.32 Å². The lowest BCUT2D eigenvalue weighted by Gasteiger charge is -2.29. The number of nitrogens with one attached hydrogen (secondary N) is 1. The van der Waals surface area contributed by atoms with E-state index in [9.17, 15) is 18.0 Å². The summed E-state index contributed by atoms with van der Waals surface area (Å²) in [4.78, 5) is 14.5. The number of hydrogen-bond donors (Lipinski definition) is 1. The fourth-order valence-corrected chi connectivity index (χ4v) is 4.17. The summed E-state index contributed by atoms with van der Waals surface area (Å²) < 4.78 is 49.5. The van der Waals surface area contributed by atoms with Gasteiger partial charge in [-0.25, -0.2) is 0 Å². The Morgan fingerprint density at radius 2 is 1.97 bits per heavy atom. The molecule has 2 aromatic rings. The van der Waals surface area contributed by atoms with Crippen LogP contribution < -0.4 is 10.1 Å². The van der Waals surface area contributed by atoms with E-state index >= 15 is 0 Å². The maximum absolute atomic E-state index is 12.8. The normalized spacial score (nSPS) is 19.2. The van der Waals surface area contributed by atoms with Crippen LogP contribution in [0.5, 0.6) is 5.75 Å². The highest BCUT2D eigenvalue weighted by molar-refractivity contribution is 7.80. The van der Waals surface area contributed by atoms with E-state index in [1.165, 1.54) is 18.6 Å². The van der Waals surface area contributed by atoms with E-state index < -0.39 is 11.7 Å². The van der Waals surface area contributed by atoms with E-state index in [1.807, 2.05) is 0 Å². The summed E-state index contributed by atoms with van der Waals surface area (Å²) in [6, 6.07) is 8.10. The molecular formula is C22H21F3N2O3S. The molecule has 1 saturated carbocycles. The minimum absolute atomic E-state index is 0.0432. The number of alkyl halides is 3. The molecular weight excluding hydrogens is 429 g/mol. The smallest absolute Gasteiger partial charge is 0.416 e. The molecule has 0 radical (unpaired) electrons. The molecule has 2 heterocycles. The van der Waals surface area contributed by atoms with Crippen molar-refractivity contribution in [2.75, 3.05) is 0 Å². The summed E-state index contributed by atoms with van der Waals surface area (Å²) in [7, 11) is 0. The Kier molecular flexibility index (Phi) is 6.04. The number of furan rings is 1. The second-order valence-electron chi connectivity index (χ2n) is 7.57. The zero-order valence-corrected chi connectivity index (χ0v) is 17.4. The van der Waals surface area contributed by atoms with Gasteiger partial charge in [-0.2, -0.15) is 13.2 Å². The second kappa shape index (κ2) is 8.74. The summed E-state index contributed by atoms with van der Waals surface area (Å²) >= 11 is 5.35. The van der Waals surface area contributed by atoms with E-state index in [0.29, 0.717) is 22.3 Å². The molecule has 5 nitrogen and oxygen atoms in total. The lowest BCUT2D eigenvalue weighted by Crippen LogP contribution is -2.41. The molecule has 0 bridgehead atoms. The molecule has 9 heteroatoms. The lowest BCUT2D eigenvalue weighted by molar-refractivity contribution is -0.137. The Bertz CT molecular complexity index is 1010. The highest BCUT2D eigenvalue weighted by Crippen LogP contribution is 2.31. The van der Waals surface area contributed by atoms with Gasteiger partial charge in [0.05, 0.1) is 5.56 Å². The van der Waals surface area contributed by atoms with Gasteiger partial charge in [-0.15, -0.1) is 0 Å². The molecule has 2 aliphatic rings. The molecule has 0 unspecified atom stereocenters. The van der Waals surface area contributed by atoms with Gasteiger partial charge in [0.2, 0.25) is 0 Å². The maximum Gasteiger partial charge on any atom is 0.416 e. The fourth-order valence-electron chi connectivity index (χ4n) is 3.83. The molecule has 4 rings (SSSR count). The average Bonchev–Trinajstić information content (AvgIpc) is 3.30. The standard InChI is InChI=1S/C22H21F3N2O3S/c23-22(24,25)14-5-4-8-16(11-14)29-13-18-10-9-17(30-18)12-19-20(28)27(21(31)26-19)15-6-2-1-3-7-15/h4-5,8-12,15H,1-3,6-7,13H2,(H,26,31)/b19-12+. The first-order valence-corrected chi connectivity index (χ1v) is 10.5. The van der Waals surface area contributed by atoms with Gasteiger partial charge in [-0.3, -0.25) is 9.69 Å². The van der Waals surface area contributed by atoms with Crippen LogP contribution in [-0.4, -0.2) is 22.0 Å². The Labute approximate surface area is 182 Å². The van der Waals surface area contributed by atoms with E-state index in [0.717, 1.165) is 37.8 Å². The van der Waals surface area contributed by atoms with Crippen LogP contribution >= 0.6 is 12.2 Å². The van der Waals surface area contributed by atoms with Crippen molar-refractivity contribution in [2.24, 2.45) is 0 Å². The van der Waals surface area contributed by atoms with Crippen molar-refractivity contribution in [2.45, 2.75) is 50.9 Å². The van der Waals surface area contributed by atoms with Gasteiger partial charge in [0.15, 0.2) is 5.11 Å². The number of thiocarbonyl (C=S) groups is 1. The Hall–Kier alpha value is -2.81. The Morgan fingerprint density at radius 3 is 2.71 bits per heavy atom. The van der Waals surface area contributed by atoms with Crippen molar-refractivity contribution < 1.29 is 27.1 Å². The van der Waals surface area contributed by atoms with Crippen molar-refractivity contribution >= 4 is 29.3 Å². The molecule has 1 aromatic carbocycles. The van der Waals surface area contributed by atoms with Crippen LogP contribution in [0.3, 0.4) is 0 Å². The largest absolute Gasteiger partial charge is 0.486 e. The number of nitrogens with zero attached hydrogens (tertiary/aromatic N) is 1. The molecule has 1 amide bonds. The first-order chi connectivity index (χ1) is 14.8. The molecule has 1 saturated heterocycles. The molecule has 1 aliphatic heterocycles. The summed E-state index contributed by atoms with van der Waals surface area (Å²) in [5, 5.41) is 3.36. The summed E-state index contributed by atoms with van der Waals surface area (Å²) in [5.41, 5.74) is -0.436. The van der Waals surface area contributed by atoms with Crippen molar-refractivity contribution in [3.63, 3.8) is 0 Å². The van der Waals surface area contributed by atoms with Crippen LogP contribution in [0, 0.1) is 0 Å². The molecule has 1 aliphatic carbocycles. The molecule has 0 atom stereocenters. The number of ether oxygens (including phenoxy) is 1. The van der Waals surface area contributed by atoms with Crippen molar-refractivity contribution in [1.82, 2.24) is 10.2 Å². The van der Waals surface area contributed by atoms with Crippen LogP contribution in [0.2, 0.25) is 0 Å². The van der Waals surface area contributed by atoms with Crippen LogP contribution in [0.25, 0.3) is 6.08 Å². The number of rotatable bonds is 5. The maximum atomic E-state index is 12.8. The Balaban J connectivity index is 1.40. The van der Waals surface area contributed by atoms with E-state index in [4.69, 9.17) is 21.4 Å². The third-order valence-electron chi connectivity index (χ3n) is 5.36. The number of halogens is 3. The van der Waals surface area contributed by atoms with Crippen LogP contribution in [-0.2, 0) is 17.6 Å². The zero-order chi connectivity index (χ0) is 22.0. The van der Waals surface area contributed by atoms with Gasteiger partial charge in [0.25, 0.3) is 5.91 Å². The predicted molar refractivity (Wildman–Crippen MR) is 112 cm³/mol. The summed E-state index contributed by atoms with van der Waals surface area (Å²) in [6.45, 7) is -0.0432. The zero-order valence-electron chi connectivity index (χ0n) is 16.6. The van der Waals surface area contributed by atoms with Crippen molar-refractivity contribution in [3.8, 4) is 5.75 Å². The average molecular weight is 450 g/mol. The van der Waals surface area contributed by atoms with E-state index in [1.54, 1.807) is 23.1 Å². The molecule has 31 heavy (non-hydrogen) atoms. The minimum Gasteiger partial charge on any atom is -0.486 e.